The molecule has 4 aliphatic rings. The molecule has 44 heavy (non-hydrogen) atoms. The first kappa shape index (κ1) is 30.9. The first-order valence-corrected chi connectivity index (χ1v) is 15.7. The topological polar surface area (TPSA) is 120 Å². The molecule has 5 atom stereocenters. The van der Waals surface area contributed by atoms with Crippen LogP contribution in [0.5, 0.6) is 5.75 Å². The number of carbonyl (C=O) groups is 2. The monoisotopic (exact) mass is 613 g/mol. The standard InChI is InChI=1S/C33H41F2N3O6/c34-33(35)12-9-24(10-13-33)38-18-23-16-27(38)32(42)36-17-30-28(40)8-6-25(44-30)11-14-43-29-15-22(5-7-26(29)31(41)37-23)21-3-1-20(19-39)2-4-21/h1-5,7,15,23-25,27-28,30,39-40H,6,8-14,16-19H2,(H,36,42)(H,37,41)/t23-,25-,27-,28-,30+/m0/s1. The number of halogens is 2. The van der Waals surface area contributed by atoms with Crippen molar-refractivity contribution in [2.24, 2.45) is 0 Å². The number of hydrogen-bond acceptors (Lipinski definition) is 7. The minimum atomic E-state index is -2.69. The second kappa shape index (κ2) is 13.1. The number of rotatable bonds is 3. The van der Waals surface area contributed by atoms with Gasteiger partial charge in [-0.2, -0.15) is 0 Å². The SMILES string of the molecule is O=C1N[C@H]2C[C@@H](C(=O)NC[C@H]3O[C@H](CCOc4cc(-c5ccc(CO)cc5)ccc41)CC[C@@H]3O)N(C1CCC(F)(F)CC1)C2. The maximum atomic E-state index is 14.0. The number of carbonyl (C=O) groups excluding carboxylic acids is 2. The van der Waals surface area contributed by atoms with Crippen LogP contribution in [-0.4, -0.2) is 89.0 Å². The molecule has 3 aliphatic heterocycles. The molecular weight excluding hydrogens is 572 g/mol. The van der Waals surface area contributed by atoms with Gasteiger partial charge >= 0.3 is 0 Å². The van der Waals surface area contributed by atoms with E-state index in [1.54, 1.807) is 6.07 Å². The zero-order chi connectivity index (χ0) is 30.8. The first-order valence-electron chi connectivity index (χ1n) is 15.7. The Labute approximate surface area is 255 Å². The Kier molecular flexibility index (Phi) is 9.18. The van der Waals surface area contributed by atoms with Crippen molar-refractivity contribution in [3.63, 3.8) is 0 Å². The van der Waals surface area contributed by atoms with Crippen LogP contribution in [0.2, 0.25) is 0 Å². The van der Waals surface area contributed by atoms with E-state index >= 15 is 0 Å². The van der Waals surface area contributed by atoms with Crippen LogP contribution in [0.1, 0.15) is 67.3 Å². The van der Waals surface area contributed by atoms with E-state index in [0.29, 0.717) is 50.1 Å². The molecular formula is C33H41F2N3O6. The highest BCUT2D eigenvalue weighted by atomic mass is 19.3. The molecule has 1 saturated carbocycles. The van der Waals surface area contributed by atoms with Gasteiger partial charge in [-0.3, -0.25) is 14.5 Å². The van der Waals surface area contributed by atoms with E-state index in [9.17, 15) is 28.6 Å². The van der Waals surface area contributed by atoms with Crippen molar-refractivity contribution < 1.29 is 38.1 Å². The molecule has 3 heterocycles. The van der Waals surface area contributed by atoms with E-state index in [2.05, 4.69) is 10.6 Å². The number of benzene rings is 2. The van der Waals surface area contributed by atoms with Crippen molar-refractivity contribution in [1.29, 1.82) is 0 Å². The Hall–Kier alpha value is -3.12. The van der Waals surface area contributed by atoms with Gasteiger partial charge in [-0.1, -0.05) is 30.3 Å². The summed E-state index contributed by atoms with van der Waals surface area (Å²) < 4.78 is 40.4. The molecule has 3 fully saturated rings. The van der Waals surface area contributed by atoms with Gasteiger partial charge in [0.2, 0.25) is 11.8 Å². The number of amides is 2. The Balaban J connectivity index is 1.28. The molecule has 0 spiro atoms. The number of alkyl halides is 2. The van der Waals surface area contributed by atoms with Gasteiger partial charge in [-0.05, 0) is 60.9 Å². The van der Waals surface area contributed by atoms with E-state index in [4.69, 9.17) is 9.47 Å². The quantitative estimate of drug-likeness (QED) is 0.419. The number of aliphatic hydroxyl groups is 2. The van der Waals surface area contributed by atoms with Crippen LogP contribution < -0.4 is 15.4 Å². The number of fused-ring (bicyclic) bond motifs is 5. The number of aliphatic hydroxyl groups excluding tert-OH is 2. The summed E-state index contributed by atoms with van der Waals surface area (Å²) in [7, 11) is 0. The normalized spacial score (nSPS) is 30.1. The van der Waals surface area contributed by atoms with Crippen LogP contribution in [0, 0.1) is 0 Å². The molecule has 0 unspecified atom stereocenters. The van der Waals surface area contributed by atoms with E-state index < -0.39 is 24.2 Å². The maximum absolute atomic E-state index is 14.0. The molecule has 2 aromatic rings. The zero-order valence-corrected chi connectivity index (χ0v) is 24.7. The van der Waals surface area contributed by atoms with Crippen LogP contribution in [0.4, 0.5) is 8.78 Å². The summed E-state index contributed by atoms with van der Waals surface area (Å²) in [4.78, 5) is 29.2. The highest BCUT2D eigenvalue weighted by Gasteiger charge is 2.45. The largest absolute Gasteiger partial charge is 0.493 e. The predicted molar refractivity (Wildman–Crippen MR) is 158 cm³/mol. The van der Waals surface area contributed by atoms with Crippen LogP contribution in [0.15, 0.2) is 42.5 Å². The molecule has 6 rings (SSSR count). The van der Waals surface area contributed by atoms with Gasteiger partial charge in [0, 0.05) is 44.4 Å². The van der Waals surface area contributed by atoms with Gasteiger partial charge in [0.15, 0.2) is 0 Å². The molecule has 0 aromatic heterocycles. The minimum Gasteiger partial charge on any atom is -0.493 e. The number of hydrogen-bond donors (Lipinski definition) is 4. The summed E-state index contributed by atoms with van der Waals surface area (Å²) in [6.07, 6.45) is 0.712. The van der Waals surface area contributed by atoms with E-state index in [1.165, 1.54) is 0 Å². The van der Waals surface area contributed by atoms with Gasteiger partial charge in [0.25, 0.3) is 5.91 Å². The lowest BCUT2D eigenvalue weighted by Gasteiger charge is -2.38. The number of ether oxygens (including phenoxy) is 2. The van der Waals surface area contributed by atoms with Crippen molar-refractivity contribution in [2.75, 3.05) is 19.7 Å². The molecule has 4 N–H and O–H groups in total. The van der Waals surface area contributed by atoms with Crippen LogP contribution in [0.25, 0.3) is 11.1 Å². The Bertz CT molecular complexity index is 1330. The zero-order valence-electron chi connectivity index (χ0n) is 24.7. The average molecular weight is 614 g/mol. The van der Waals surface area contributed by atoms with E-state index in [0.717, 1.165) is 16.7 Å². The number of nitrogens with zero attached hydrogens (tertiary/aromatic N) is 1. The summed E-state index contributed by atoms with van der Waals surface area (Å²) >= 11 is 0. The van der Waals surface area contributed by atoms with Gasteiger partial charge in [0.1, 0.15) is 11.9 Å². The molecule has 238 valence electrons. The summed E-state index contributed by atoms with van der Waals surface area (Å²) in [5, 5.41) is 26.1. The summed E-state index contributed by atoms with van der Waals surface area (Å²) in [5.74, 6) is -2.84. The molecule has 2 saturated heterocycles. The fourth-order valence-electron chi connectivity index (χ4n) is 7.02. The Morgan fingerprint density at radius 1 is 0.977 bits per heavy atom. The second-order valence-electron chi connectivity index (χ2n) is 12.6. The lowest BCUT2D eigenvalue weighted by atomic mass is 9.90. The van der Waals surface area contributed by atoms with Crippen molar-refractivity contribution in [2.45, 2.75) is 100 Å². The summed E-state index contributed by atoms with van der Waals surface area (Å²) in [6.45, 7) is 0.751. The van der Waals surface area contributed by atoms with Crippen molar-refractivity contribution in [3.05, 3.63) is 53.6 Å². The van der Waals surface area contributed by atoms with Crippen LogP contribution in [-0.2, 0) is 16.1 Å². The third-order valence-electron chi connectivity index (χ3n) is 9.58. The first-order chi connectivity index (χ1) is 21.2. The van der Waals surface area contributed by atoms with Crippen LogP contribution in [0.3, 0.4) is 0 Å². The van der Waals surface area contributed by atoms with Crippen LogP contribution >= 0.6 is 0 Å². The molecule has 4 bridgehead atoms. The summed E-state index contributed by atoms with van der Waals surface area (Å²) in [6, 6.07) is 11.8. The molecule has 11 heteroatoms. The fourth-order valence-corrected chi connectivity index (χ4v) is 7.02. The third kappa shape index (κ3) is 6.91. The third-order valence-corrected chi connectivity index (χ3v) is 9.58. The molecule has 0 radical (unpaired) electrons. The van der Waals surface area contributed by atoms with Gasteiger partial charge in [-0.25, -0.2) is 8.78 Å². The molecule has 9 nitrogen and oxygen atoms in total. The Morgan fingerprint density at radius 2 is 1.73 bits per heavy atom. The molecule has 2 amide bonds. The number of likely N-dealkylation sites (tertiary alicyclic amines) is 1. The van der Waals surface area contributed by atoms with Crippen molar-refractivity contribution in [3.8, 4) is 16.9 Å². The summed E-state index contributed by atoms with van der Waals surface area (Å²) in [5.41, 5.74) is 2.92. The highest BCUT2D eigenvalue weighted by molar-refractivity contribution is 5.98. The molecule has 2 aromatic carbocycles. The van der Waals surface area contributed by atoms with Crippen molar-refractivity contribution >= 4 is 11.8 Å². The van der Waals surface area contributed by atoms with Gasteiger partial charge in [0.05, 0.1) is 37.0 Å². The lowest BCUT2D eigenvalue weighted by molar-refractivity contribution is -0.134. The highest BCUT2D eigenvalue weighted by Crippen LogP contribution is 2.38. The Morgan fingerprint density at radius 3 is 2.48 bits per heavy atom. The lowest BCUT2D eigenvalue weighted by Crippen LogP contribution is -2.52. The molecule has 1 aliphatic carbocycles. The van der Waals surface area contributed by atoms with Gasteiger partial charge in [-0.15, -0.1) is 0 Å². The fraction of sp³-hybridized carbons (Fsp3) is 0.576. The second-order valence-corrected chi connectivity index (χ2v) is 12.6. The smallest absolute Gasteiger partial charge is 0.255 e. The maximum Gasteiger partial charge on any atom is 0.255 e. The van der Waals surface area contributed by atoms with Crippen molar-refractivity contribution in [1.82, 2.24) is 15.5 Å². The minimum absolute atomic E-state index is 0.0524. The van der Waals surface area contributed by atoms with E-state index in [1.807, 2.05) is 41.3 Å². The van der Waals surface area contributed by atoms with E-state index in [-0.39, 0.29) is 68.8 Å². The average Bonchev–Trinajstić information content (AvgIpc) is 3.44. The number of nitrogens with one attached hydrogen (secondary N) is 2. The van der Waals surface area contributed by atoms with Gasteiger partial charge < -0.3 is 30.3 Å². The predicted octanol–water partition coefficient (Wildman–Crippen LogP) is 3.40.